The SMILES string of the molecule is CCNCCCCC(CO[N+](=O)[O-])O[N+](=O)[O-]. The normalized spacial score (nSPS) is 11.8. The van der Waals surface area contributed by atoms with Gasteiger partial charge in [-0.05, 0) is 32.4 Å². The van der Waals surface area contributed by atoms with Gasteiger partial charge in [0.2, 0.25) is 0 Å². The molecule has 0 saturated heterocycles. The molecule has 0 heterocycles. The molecule has 1 N–H and O–H groups in total. The molecule has 1 atom stereocenters. The van der Waals surface area contributed by atoms with Crippen molar-refractivity contribution in [1.29, 1.82) is 0 Å². The minimum absolute atomic E-state index is 0.347. The molecule has 100 valence electrons. The summed E-state index contributed by atoms with van der Waals surface area (Å²) in [5, 5.41) is 21.2. The van der Waals surface area contributed by atoms with Crippen LogP contribution in [0.25, 0.3) is 0 Å². The molecule has 0 aliphatic heterocycles. The van der Waals surface area contributed by atoms with E-state index in [-0.39, 0.29) is 0 Å². The van der Waals surface area contributed by atoms with Crippen LogP contribution >= 0.6 is 0 Å². The number of nitrogens with one attached hydrogen (secondary N) is 1. The molecular weight excluding hydrogens is 234 g/mol. The summed E-state index contributed by atoms with van der Waals surface area (Å²) in [6.45, 7) is 3.22. The van der Waals surface area contributed by atoms with Crippen molar-refractivity contribution in [2.75, 3.05) is 19.7 Å². The molecular formula is C8H17N3O6. The highest BCUT2D eigenvalue weighted by Gasteiger charge is 2.15. The molecule has 0 spiro atoms. The molecule has 17 heavy (non-hydrogen) atoms. The molecule has 0 saturated carbocycles. The molecule has 0 aromatic heterocycles. The van der Waals surface area contributed by atoms with Gasteiger partial charge in [0.25, 0.3) is 10.2 Å². The van der Waals surface area contributed by atoms with Gasteiger partial charge in [-0.3, -0.25) is 0 Å². The first-order chi connectivity index (χ1) is 8.06. The zero-order valence-corrected chi connectivity index (χ0v) is 9.66. The Morgan fingerprint density at radius 1 is 1.24 bits per heavy atom. The number of hydrogen-bond acceptors (Lipinski definition) is 7. The Labute approximate surface area is 98.3 Å². The molecule has 0 fully saturated rings. The lowest BCUT2D eigenvalue weighted by Gasteiger charge is -2.13. The van der Waals surface area contributed by atoms with Crippen LogP contribution in [-0.2, 0) is 9.68 Å². The largest absolute Gasteiger partial charge is 0.317 e. The summed E-state index contributed by atoms with van der Waals surface area (Å²) in [6, 6.07) is 0. The smallest absolute Gasteiger partial charge is 0.294 e. The zero-order valence-electron chi connectivity index (χ0n) is 9.66. The maximum absolute atomic E-state index is 10.1. The zero-order chi connectivity index (χ0) is 13.1. The molecule has 0 radical (unpaired) electrons. The maximum Gasteiger partial charge on any atom is 0.294 e. The van der Waals surface area contributed by atoms with Crippen molar-refractivity contribution in [3.63, 3.8) is 0 Å². The third kappa shape index (κ3) is 10.6. The van der Waals surface area contributed by atoms with Gasteiger partial charge in [0.15, 0.2) is 0 Å². The maximum atomic E-state index is 10.1. The molecule has 0 bridgehead atoms. The topological polar surface area (TPSA) is 117 Å². The van der Waals surface area contributed by atoms with Crippen LogP contribution in [0.2, 0.25) is 0 Å². The highest BCUT2D eigenvalue weighted by atomic mass is 17.0. The minimum Gasteiger partial charge on any atom is -0.317 e. The van der Waals surface area contributed by atoms with Crippen molar-refractivity contribution < 1.29 is 19.8 Å². The molecule has 0 rings (SSSR count). The van der Waals surface area contributed by atoms with Crippen molar-refractivity contribution in [2.24, 2.45) is 0 Å². The lowest BCUT2D eigenvalue weighted by atomic mass is 10.1. The predicted octanol–water partition coefficient (Wildman–Crippen LogP) is 0.551. The van der Waals surface area contributed by atoms with Gasteiger partial charge < -0.3 is 15.0 Å². The number of hydrogen-bond donors (Lipinski definition) is 1. The fourth-order valence-electron chi connectivity index (χ4n) is 1.23. The van der Waals surface area contributed by atoms with E-state index < -0.39 is 22.9 Å². The van der Waals surface area contributed by atoms with E-state index >= 15 is 0 Å². The van der Waals surface area contributed by atoms with Crippen molar-refractivity contribution in [2.45, 2.75) is 32.3 Å². The Balaban J connectivity index is 3.76. The van der Waals surface area contributed by atoms with Crippen LogP contribution < -0.4 is 5.32 Å². The first-order valence-corrected chi connectivity index (χ1v) is 5.35. The van der Waals surface area contributed by atoms with Gasteiger partial charge in [-0.15, -0.1) is 20.2 Å². The van der Waals surface area contributed by atoms with Gasteiger partial charge in [0.1, 0.15) is 12.7 Å². The summed E-state index contributed by atoms with van der Waals surface area (Å²) in [7, 11) is 0. The molecule has 9 heteroatoms. The van der Waals surface area contributed by atoms with Crippen LogP contribution in [0.5, 0.6) is 0 Å². The molecule has 0 aliphatic rings. The van der Waals surface area contributed by atoms with Crippen LogP contribution in [0.4, 0.5) is 0 Å². The van der Waals surface area contributed by atoms with E-state index in [0.29, 0.717) is 12.8 Å². The Bertz CT molecular complexity index is 237. The van der Waals surface area contributed by atoms with Crippen LogP contribution in [0.3, 0.4) is 0 Å². The third-order valence-corrected chi connectivity index (χ3v) is 1.98. The second-order valence-corrected chi connectivity index (χ2v) is 3.32. The van der Waals surface area contributed by atoms with Gasteiger partial charge in [-0.25, -0.2) is 0 Å². The Hall–Kier alpha value is -1.64. The second kappa shape index (κ2) is 9.58. The lowest BCUT2D eigenvalue weighted by Crippen LogP contribution is -2.25. The summed E-state index contributed by atoms with van der Waals surface area (Å²) < 4.78 is 0. The van der Waals surface area contributed by atoms with E-state index in [1.165, 1.54) is 0 Å². The summed E-state index contributed by atoms with van der Waals surface area (Å²) in [5.41, 5.74) is 0. The number of rotatable bonds is 11. The Morgan fingerprint density at radius 2 is 1.94 bits per heavy atom. The lowest BCUT2D eigenvalue weighted by molar-refractivity contribution is -0.790. The van der Waals surface area contributed by atoms with E-state index in [4.69, 9.17) is 0 Å². The standard InChI is InChI=1S/C8H17N3O6/c1-2-9-6-4-3-5-8(17-11(14)15)7-16-10(12)13/h8-9H,2-7H2,1H3. The molecule has 0 aromatic carbocycles. The molecule has 0 amide bonds. The monoisotopic (exact) mass is 251 g/mol. The van der Waals surface area contributed by atoms with Crippen molar-refractivity contribution in [1.82, 2.24) is 5.32 Å². The second-order valence-electron chi connectivity index (χ2n) is 3.32. The van der Waals surface area contributed by atoms with E-state index in [0.717, 1.165) is 19.5 Å². The average Bonchev–Trinajstić information content (AvgIpc) is 2.24. The predicted molar refractivity (Wildman–Crippen MR) is 57.2 cm³/mol. The van der Waals surface area contributed by atoms with Crippen molar-refractivity contribution in [3.05, 3.63) is 20.2 Å². The highest BCUT2D eigenvalue weighted by molar-refractivity contribution is 4.56. The summed E-state index contributed by atoms with van der Waals surface area (Å²) in [5.74, 6) is 0. The summed E-state index contributed by atoms with van der Waals surface area (Å²) in [4.78, 5) is 28.4. The number of unbranched alkanes of at least 4 members (excludes halogenated alkanes) is 1. The Kier molecular flexibility index (Phi) is 8.65. The number of nitrogens with zero attached hydrogens (tertiary/aromatic N) is 2. The molecule has 0 aliphatic carbocycles. The van der Waals surface area contributed by atoms with Crippen LogP contribution in [0.1, 0.15) is 26.2 Å². The summed E-state index contributed by atoms with van der Waals surface area (Å²) >= 11 is 0. The summed E-state index contributed by atoms with van der Waals surface area (Å²) in [6.07, 6.45) is 0.952. The van der Waals surface area contributed by atoms with Gasteiger partial charge in [0, 0.05) is 0 Å². The van der Waals surface area contributed by atoms with Gasteiger partial charge in [-0.1, -0.05) is 6.92 Å². The van der Waals surface area contributed by atoms with Gasteiger partial charge >= 0.3 is 0 Å². The van der Waals surface area contributed by atoms with Crippen LogP contribution in [0, 0.1) is 20.2 Å². The van der Waals surface area contributed by atoms with Crippen molar-refractivity contribution in [3.8, 4) is 0 Å². The fourth-order valence-corrected chi connectivity index (χ4v) is 1.23. The van der Waals surface area contributed by atoms with E-state index in [1.54, 1.807) is 0 Å². The molecule has 9 nitrogen and oxygen atoms in total. The van der Waals surface area contributed by atoms with E-state index in [2.05, 4.69) is 15.0 Å². The Morgan fingerprint density at radius 3 is 2.47 bits per heavy atom. The fraction of sp³-hybridized carbons (Fsp3) is 1.00. The van der Waals surface area contributed by atoms with Crippen molar-refractivity contribution >= 4 is 0 Å². The van der Waals surface area contributed by atoms with Gasteiger partial charge in [0.05, 0.1) is 0 Å². The van der Waals surface area contributed by atoms with Crippen LogP contribution in [-0.4, -0.2) is 36.0 Å². The first-order valence-electron chi connectivity index (χ1n) is 5.35. The molecule has 1 unspecified atom stereocenters. The molecule has 0 aromatic rings. The quantitative estimate of drug-likeness (QED) is 0.323. The van der Waals surface area contributed by atoms with E-state index in [1.807, 2.05) is 6.92 Å². The van der Waals surface area contributed by atoms with Gasteiger partial charge in [-0.2, -0.15) is 0 Å². The minimum atomic E-state index is -0.991. The first kappa shape index (κ1) is 15.4. The highest BCUT2D eigenvalue weighted by Crippen LogP contribution is 2.06. The average molecular weight is 251 g/mol. The van der Waals surface area contributed by atoms with E-state index in [9.17, 15) is 20.2 Å². The van der Waals surface area contributed by atoms with Crippen LogP contribution in [0.15, 0.2) is 0 Å². The third-order valence-electron chi connectivity index (χ3n) is 1.98.